The van der Waals surface area contributed by atoms with E-state index < -0.39 is 97.4 Å². The molecule has 0 amide bonds. The zero-order chi connectivity index (χ0) is 35.0. The number of aromatic hydroxyl groups is 2. The molecule has 2 aromatic heterocycles. The van der Waals surface area contributed by atoms with Crippen molar-refractivity contribution in [2.24, 2.45) is 0 Å². The normalized spacial score (nSPS) is 30.6. The average Bonchev–Trinajstić information content (AvgIpc) is 3.07. The van der Waals surface area contributed by atoms with Gasteiger partial charge >= 0.3 is 11.3 Å². The van der Waals surface area contributed by atoms with Gasteiger partial charge in [0, 0.05) is 10.8 Å². The third kappa shape index (κ3) is 7.33. The van der Waals surface area contributed by atoms with Crippen molar-refractivity contribution < 1.29 is 68.6 Å². The summed E-state index contributed by atoms with van der Waals surface area (Å²) >= 11 is 0.699. The smallest absolute Gasteiger partial charge is 0.341 e. The molecule has 16 nitrogen and oxygen atoms in total. The summed E-state index contributed by atoms with van der Waals surface area (Å²) in [5.74, 6) is -0.129. The molecule has 2 aliphatic rings. The minimum atomic E-state index is -1.63. The van der Waals surface area contributed by atoms with Crippen LogP contribution in [0.25, 0.3) is 21.9 Å². The fraction of sp³-hybridized carbons (Fsp3) is 0.438. The molecular formula is C32H34O16S. The van der Waals surface area contributed by atoms with Gasteiger partial charge in [-0.05, 0) is 48.5 Å². The van der Waals surface area contributed by atoms with Gasteiger partial charge in [-0.25, -0.2) is 9.59 Å². The van der Waals surface area contributed by atoms with Crippen LogP contribution in [0, 0.1) is 0 Å². The van der Waals surface area contributed by atoms with E-state index in [9.17, 15) is 50.4 Å². The van der Waals surface area contributed by atoms with E-state index in [4.69, 9.17) is 27.8 Å². The molecule has 2 aliphatic heterocycles. The molecule has 2 saturated heterocycles. The van der Waals surface area contributed by atoms with Gasteiger partial charge in [-0.1, -0.05) is 11.8 Å². The van der Waals surface area contributed by atoms with Crippen LogP contribution in [0.3, 0.4) is 0 Å². The number of thioether (sulfide) groups is 1. The molecule has 8 N–H and O–H groups in total. The van der Waals surface area contributed by atoms with Gasteiger partial charge in [-0.15, -0.1) is 0 Å². The molecule has 264 valence electrons. The Morgan fingerprint density at radius 2 is 1.02 bits per heavy atom. The number of hydrogen-bond donors (Lipinski definition) is 8. The zero-order valence-corrected chi connectivity index (χ0v) is 26.3. The topological polar surface area (TPSA) is 259 Å². The highest BCUT2D eigenvalue weighted by molar-refractivity contribution is 8.00. The molecule has 4 aromatic rings. The largest absolute Gasteiger partial charge is 0.508 e. The van der Waals surface area contributed by atoms with Gasteiger partial charge in [0.25, 0.3) is 0 Å². The lowest BCUT2D eigenvalue weighted by molar-refractivity contribution is -0.231. The molecule has 0 saturated carbocycles. The van der Waals surface area contributed by atoms with Gasteiger partial charge in [0.2, 0.25) is 0 Å². The van der Waals surface area contributed by atoms with Crippen LogP contribution in [0.1, 0.15) is 11.1 Å². The molecule has 0 bridgehead atoms. The lowest BCUT2D eigenvalue weighted by Gasteiger charge is -2.46. The number of aliphatic hydroxyl groups is 6. The van der Waals surface area contributed by atoms with Gasteiger partial charge in [0.15, 0.2) is 0 Å². The summed E-state index contributed by atoms with van der Waals surface area (Å²) < 4.78 is 33.5. The van der Waals surface area contributed by atoms with E-state index >= 15 is 0 Å². The van der Waals surface area contributed by atoms with Crippen LogP contribution >= 0.6 is 11.8 Å². The number of benzene rings is 2. The lowest BCUT2D eigenvalue weighted by Crippen LogP contribution is -2.61. The molecule has 49 heavy (non-hydrogen) atoms. The number of ether oxygens (including phenoxy) is 4. The monoisotopic (exact) mass is 706 g/mol. The standard InChI is InChI=1S/C32H34O16S/c33-9-21-23(37)27(43-11-15-5-13-7-17(35)1-3-19(13)45-29(15)41)25(39)31(47-21)49-32-26(40)28(24(38)22(10-34)48-32)44-12-16-6-14-8-18(36)2-4-20(14)46-30(16)42/h1-8,21-28,31-40H,9-12H2/t21?,22?,23-,24-,25-,26+,27?,28?,31-,32-/m0/s1. The molecule has 17 heteroatoms. The Morgan fingerprint density at radius 3 is 1.41 bits per heavy atom. The van der Waals surface area contributed by atoms with Crippen LogP contribution in [0.5, 0.6) is 11.5 Å². The summed E-state index contributed by atoms with van der Waals surface area (Å²) in [7, 11) is 0. The summed E-state index contributed by atoms with van der Waals surface area (Å²) in [5.41, 5.74) is -3.70. The first-order valence-corrected chi connectivity index (χ1v) is 16.1. The van der Waals surface area contributed by atoms with Crippen LogP contribution in [-0.4, -0.2) is 114 Å². The van der Waals surface area contributed by atoms with E-state index in [1.54, 1.807) is 0 Å². The van der Waals surface area contributed by atoms with E-state index in [1.807, 2.05) is 0 Å². The number of fused-ring (bicyclic) bond motifs is 2. The number of rotatable bonds is 10. The minimum Gasteiger partial charge on any atom is -0.508 e. The lowest BCUT2D eigenvalue weighted by atomic mass is 9.99. The second-order valence-electron chi connectivity index (χ2n) is 11.7. The Hall–Kier alpha value is -3.59. The van der Waals surface area contributed by atoms with Gasteiger partial charge in [-0.3, -0.25) is 0 Å². The van der Waals surface area contributed by atoms with Crippen LogP contribution in [0.2, 0.25) is 0 Å². The number of aliphatic hydroxyl groups excluding tert-OH is 6. The zero-order valence-electron chi connectivity index (χ0n) is 25.5. The van der Waals surface area contributed by atoms with Crippen LogP contribution in [0.4, 0.5) is 0 Å². The molecule has 2 fully saturated rings. The molecule has 4 unspecified atom stereocenters. The van der Waals surface area contributed by atoms with E-state index in [0.717, 1.165) is 0 Å². The average molecular weight is 707 g/mol. The number of hydrogen-bond acceptors (Lipinski definition) is 17. The fourth-order valence-corrected chi connectivity index (χ4v) is 7.05. The highest BCUT2D eigenvalue weighted by atomic mass is 32.2. The Labute approximate surface area is 280 Å². The second kappa shape index (κ2) is 14.7. The first kappa shape index (κ1) is 35.2. The maximum atomic E-state index is 12.6. The summed E-state index contributed by atoms with van der Waals surface area (Å²) in [5, 5.41) is 84.4. The van der Waals surface area contributed by atoms with Crippen LogP contribution in [0.15, 0.2) is 67.0 Å². The molecule has 0 aliphatic carbocycles. The third-order valence-electron chi connectivity index (χ3n) is 8.35. The van der Waals surface area contributed by atoms with Crippen molar-refractivity contribution in [3.8, 4) is 11.5 Å². The molecule has 0 spiro atoms. The van der Waals surface area contributed by atoms with Crippen molar-refractivity contribution in [2.45, 2.75) is 72.9 Å². The van der Waals surface area contributed by atoms with Crippen LogP contribution in [-0.2, 0) is 32.2 Å². The predicted molar refractivity (Wildman–Crippen MR) is 169 cm³/mol. The van der Waals surface area contributed by atoms with Gasteiger partial charge in [-0.2, -0.15) is 0 Å². The van der Waals surface area contributed by atoms with Gasteiger partial charge in [0.05, 0.1) is 37.6 Å². The molecule has 6 rings (SSSR count). The van der Waals surface area contributed by atoms with Crippen molar-refractivity contribution >= 4 is 33.7 Å². The second-order valence-corrected chi connectivity index (χ2v) is 12.9. The summed E-state index contributed by atoms with van der Waals surface area (Å²) in [4.78, 5) is 25.1. The van der Waals surface area contributed by atoms with Crippen molar-refractivity contribution in [3.05, 3.63) is 80.5 Å². The summed E-state index contributed by atoms with van der Waals surface area (Å²) in [6.45, 7) is -2.29. The Morgan fingerprint density at radius 1 is 0.612 bits per heavy atom. The molecule has 10 atom stereocenters. The maximum absolute atomic E-state index is 12.6. The summed E-state index contributed by atoms with van der Waals surface area (Å²) in [6, 6.07) is 11.1. The van der Waals surface area contributed by atoms with Crippen molar-refractivity contribution in [1.82, 2.24) is 0 Å². The molecule has 0 radical (unpaired) electrons. The van der Waals surface area contributed by atoms with E-state index in [1.165, 1.54) is 48.5 Å². The molecular weight excluding hydrogens is 672 g/mol. The highest BCUT2D eigenvalue weighted by Crippen LogP contribution is 2.38. The molecule has 2 aromatic carbocycles. The third-order valence-corrected chi connectivity index (χ3v) is 9.67. The highest BCUT2D eigenvalue weighted by Gasteiger charge is 2.51. The van der Waals surface area contributed by atoms with Crippen LogP contribution < -0.4 is 11.3 Å². The van der Waals surface area contributed by atoms with E-state index in [0.29, 0.717) is 22.5 Å². The van der Waals surface area contributed by atoms with Crippen molar-refractivity contribution in [3.63, 3.8) is 0 Å². The quantitative estimate of drug-likeness (QED) is 0.0957. The molecule has 4 heterocycles. The summed E-state index contributed by atoms with van der Waals surface area (Å²) in [6.07, 6.45) is -11.8. The minimum absolute atomic E-state index is 0.0109. The van der Waals surface area contributed by atoms with Gasteiger partial charge in [0.1, 0.15) is 82.4 Å². The number of phenols is 2. The number of phenolic OH excluding ortho intramolecular Hbond substituents is 2. The van der Waals surface area contributed by atoms with Crippen molar-refractivity contribution in [1.29, 1.82) is 0 Å². The van der Waals surface area contributed by atoms with E-state index in [-0.39, 0.29) is 33.8 Å². The Kier molecular flexibility index (Phi) is 10.6. The fourth-order valence-electron chi connectivity index (χ4n) is 5.74. The SMILES string of the molecule is O=c1oc2ccc(O)cc2cc1COC1[C@@H](O)C(CO)O[C@@H](S[C@@H]2OC(CO)[C@H](O)C(OCc3cc4cc(O)ccc4oc3=O)[C@@H]2O)[C@@H]1O. The van der Waals surface area contributed by atoms with Gasteiger partial charge < -0.3 is 68.6 Å². The van der Waals surface area contributed by atoms with E-state index in [2.05, 4.69) is 0 Å². The Bertz CT molecular complexity index is 1760. The Balaban J connectivity index is 1.17. The first-order chi connectivity index (χ1) is 23.5. The predicted octanol–water partition coefficient (Wildman–Crippen LogP) is -0.608. The maximum Gasteiger partial charge on any atom is 0.341 e. The first-order valence-electron chi connectivity index (χ1n) is 15.1. The van der Waals surface area contributed by atoms with Crippen molar-refractivity contribution in [2.75, 3.05) is 13.2 Å².